The molecule has 0 aliphatic carbocycles. The Balaban J connectivity index is 2.94. The van der Waals surface area contributed by atoms with Gasteiger partial charge in [0.1, 0.15) is 10.5 Å². The van der Waals surface area contributed by atoms with E-state index < -0.39 is 15.1 Å². The number of fused-ring (bicyclic) bond motifs is 1. The third-order valence-corrected chi connectivity index (χ3v) is 3.26. The Kier molecular flexibility index (Phi) is 2.07. The van der Waals surface area contributed by atoms with Gasteiger partial charge in [0.2, 0.25) is 0 Å². The molecule has 0 spiro atoms. The first-order valence-corrected chi connectivity index (χ1v) is 5.74. The van der Waals surface area contributed by atoms with E-state index in [1.54, 1.807) is 6.07 Å². The zero-order chi connectivity index (χ0) is 10.3. The highest BCUT2D eigenvalue weighted by Crippen LogP contribution is 2.29. The molecule has 14 heavy (non-hydrogen) atoms. The molecule has 2 aromatic rings. The highest BCUT2D eigenvalue weighted by Gasteiger charge is 2.19. The van der Waals surface area contributed by atoms with E-state index in [-0.39, 0.29) is 5.39 Å². The lowest BCUT2D eigenvalue weighted by atomic mass is 10.3. The summed E-state index contributed by atoms with van der Waals surface area (Å²) in [5, 5.41) is 0.231. The Labute approximate surface area is 87.5 Å². The number of rotatable bonds is 1. The summed E-state index contributed by atoms with van der Waals surface area (Å²) in [4.78, 5) is 6.04. The van der Waals surface area contributed by atoms with Gasteiger partial charge in [-0.1, -0.05) is 0 Å². The van der Waals surface area contributed by atoms with Crippen molar-refractivity contribution in [3.63, 3.8) is 0 Å². The third-order valence-electron chi connectivity index (χ3n) is 1.75. The highest BCUT2D eigenvalue weighted by atomic mass is 79.9. The SMILES string of the molecule is O=S(=O)(F)c1c[nH]c2nccc(Br)c12. The van der Waals surface area contributed by atoms with Crippen LogP contribution in [-0.2, 0) is 10.2 Å². The number of nitrogens with one attached hydrogen (secondary N) is 1. The summed E-state index contributed by atoms with van der Waals surface area (Å²) < 4.78 is 34.7. The standard InChI is InChI=1S/C7H4BrFN2O2S/c8-4-1-2-10-7-6(4)5(3-11-7)14(9,12)13/h1-3H,(H,10,11). The van der Waals surface area contributed by atoms with Crippen LogP contribution in [0.5, 0.6) is 0 Å². The highest BCUT2D eigenvalue weighted by molar-refractivity contribution is 9.10. The first kappa shape index (κ1) is 9.60. The number of halogens is 2. The summed E-state index contributed by atoms with van der Waals surface area (Å²) in [6.45, 7) is 0. The Morgan fingerprint density at radius 1 is 1.50 bits per heavy atom. The van der Waals surface area contributed by atoms with Gasteiger partial charge in [0.25, 0.3) is 0 Å². The average molecular weight is 279 g/mol. The number of pyridine rings is 1. The predicted octanol–water partition coefficient (Wildman–Crippen LogP) is 1.98. The van der Waals surface area contributed by atoms with Gasteiger partial charge in [0.05, 0.1) is 5.39 Å². The first-order chi connectivity index (χ1) is 6.50. The first-order valence-electron chi connectivity index (χ1n) is 3.56. The largest absolute Gasteiger partial charge is 0.345 e. The van der Waals surface area contributed by atoms with Gasteiger partial charge in [-0.25, -0.2) is 4.98 Å². The Hall–Kier alpha value is -0.950. The number of aromatic amines is 1. The second kappa shape index (κ2) is 3.03. The van der Waals surface area contributed by atoms with Crippen molar-refractivity contribution in [1.29, 1.82) is 0 Å². The Morgan fingerprint density at radius 2 is 2.21 bits per heavy atom. The molecule has 7 heteroatoms. The van der Waals surface area contributed by atoms with E-state index in [1.807, 2.05) is 0 Å². The number of nitrogens with zero attached hydrogens (tertiary/aromatic N) is 1. The smallest absolute Gasteiger partial charge is 0.334 e. The molecule has 0 fully saturated rings. The van der Waals surface area contributed by atoms with E-state index in [1.165, 1.54) is 6.20 Å². The van der Waals surface area contributed by atoms with Crippen molar-refractivity contribution in [2.45, 2.75) is 4.90 Å². The monoisotopic (exact) mass is 278 g/mol. The summed E-state index contributed by atoms with van der Waals surface area (Å²) in [6, 6.07) is 1.55. The minimum absolute atomic E-state index is 0.231. The van der Waals surface area contributed by atoms with Crippen molar-refractivity contribution in [2.75, 3.05) is 0 Å². The van der Waals surface area contributed by atoms with Crippen molar-refractivity contribution in [1.82, 2.24) is 9.97 Å². The van der Waals surface area contributed by atoms with Crippen LogP contribution in [0.15, 0.2) is 27.8 Å². The van der Waals surface area contributed by atoms with E-state index in [0.29, 0.717) is 10.1 Å². The minimum Gasteiger partial charge on any atom is -0.345 e. The maximum atomic E-state index is 12.8. The maximum Gasteiger partial charge on any atom is 0.334 e. The fourth-order valence-corrected chi connectivity index (χ4v) is 2.48. The normalized spacial score (nSPS) is 12.1. The molecule has 0 aliphatic heterocycles. The molecule has 0 bridgehead atoms. The van der Waals surface area contributed by atoms with Gasteiger partial charge >= 0.3 is 10.2 Å². The minimum atomic E-state index is -4.71. The Morgan fingerprint density at radius 3 is 2.86 bits per heavy atom. The second-order valence-corrected chi connectivity index (χ2v) is 4.78. The molecular weight excluding hydrogens is 275 g/mol. The van der Waals surface area contributed by atoms with Crippen molar-refractivity contribution in [3.05, 3.63) is 22.9 Å². The van der Waals surface area contributed by atoms with Gasteiger partial charge < -0.3 is 4.98 Å². The van der Waals surface area contributed by atoms with Gasteiger partial charge in [-0.2, -0.15) is 8.42 Å². The van der Waals surface area contributed by atoms with Gasteiger partial charge in [-0.05, 0) is 22.0 Å². The summed E-state index contributed by atoms with van der Waals surface area (Å²) in [7, 11) is -4.71. The molecule has 0 unspecified atom stereocenters. The van der Waals surface area contributed by atoms with E-state index in [0.717, 1.165) is 6.20 Å². The molecule has 74 valence electrons. The van der Waals surface area contributed by atoms with Crippen LogP contribution in [0.4, 0.5) is 3.89 Å². The maximum absolute atomic E-state index is 12.8. The second-order valence-electron chi connectivity index (χ2n) is 2.61. The molecule has 0 saturated carbocycles. The van der Waals surface area contributed by atoms with Crippen molar-refractivity contribution in [2.24, 2.45) is 0 Å². The topological polar surface area (TPSA) is 62.8 Å². The average Bonchev–Trinajstić information content (AvgIpc) is 2.47. The lowest BCUT2D eigenvalue weighted by Crippen LogP contribution is -1.90. The van der Waals surface area contributed by atoms with E-state index in [2.05, 4.69) is 25.9 Å². The van der Waals surface area contributed by atoms with E-state index in [9.17, 15) is 12.3 Å². The number of hydrogen-bond acceptors (Lipinski definition) is 3. The zero-order valence-corrected chi connectivity index (χ0v) is 9.06. The summed E-state index contributed by atoms with van der Waals surface area (Å²) in [5.74, 6) is 0. The molecule has 0 saturated heterocycles. The Bertz CT molecular complexity index is 593. The molecule has 2 heterocycles. The lowest BCUT2D eigenvalue weighted by molar-refractivity contribution is 0.553. The van der Waals surface area contributed by atoms with Crippen LogP contribution in [-0.4, -0.2) is 18.4 Å². The molecule has 0 aliphatic rings. The van der Waals surface area contributed by atoms with Crippen LogP contribution < -0.4 is 0 Å². The summed E-state index contributed by atoms with van der Waals surface area (Å²) >= 11 is 3.13. The fourth-order valence-electron chi connectivity index (χ4n) is 1.18. The summed E-state index contributed by atoms with van der Waals surface area (Å²) in [5.41, 5.74) is 0.329. The number of aromatic nitrogens is 2. The molecule has 0 aromatic carbocycles. The molecule has 4 nitrogen and oxygen atoms in total. The predicted molar refractivity (Wildman–Crippen MR) is 52.1 cm³/mol. The van der Waals surface area contributed by atoms with Crippen LogP contribution in [0.3, 0.4) is 0 Å². The van der Waals surface area contributed by atoms with Gasteiger partial charge in [-0.3, -0.25) is 0 Å². The molecule has 2 aromatic heterocycles. The number of H-pyrrole nitrogens is 1. The molecular formula is C7H4BrFN2O2S. The van der Waals surface area contributed by atoms with Gasteiger partial charge in [0.15, 0.2) is 0 Å². The lowest BCUT2D eigenvalue weighted by Gasteiger charge is -1.94. The zero-order valence-electron chi connectivity index (χ0n) is 6.66. The van der Waals surface area contributed by atoms with Gasteiger partial charge in [0, 0.05) is 16.9 Å². The van der Waals surface area contributed by atoms with Crippen molar-refractivity contribution in [3.8, 4) is 0 Å². The molecule has 0 amide bonds. The van der Waals surface area contributed by atoms with Crippen LogP contribution in [0.2, 0.25) is 0 Å². The van der Waals surface area contributed by atoms with Crippen molar-refractivity contribution >= 4 is 37.2 Å². The quantitative estimate of drug-likeness (QED) is 0.812. The van der Waals surface area contributed by atoms with Crippen molar-refractivity contribution < 1.29 is 12.3 Å². The molecule has 0 radical (unpaired) electrons. The third kappa shape index (κ3) is 1.42. The van der Waals surface area contributed by atoms with Crippen LogP contribution in [0.25, 0.3) is 11.0 Å². The fraction of sp³-hybridized carbons (Fsp3) is 0. The molecule has 0 atom stereocenters. The van der Waals surface area contributed by atoms with E-state index >= 15 is 0 Å². The molecule has 1 N–H and O–H groups in total. The summed E-state index contributed by atoms with van der Waals surface area (Å²) in [6.07, 6.45) is 2.56. The van der Waals surface area contributed by atoms with Crippen LogP contribution >= 0.6 is 15.9 Å². The van der Waals surface area contributed by atoms with Crippen LogP contribution in [0.1, 0.15) is 0 Å². The number of hydrogen-bond donors (Lipinski definition) is 1. The van der Waals surface area contributed by atoms with Crippen LogP contribution in [0, 0.1) is 0 Å². The van der Waals surface area contributed by atoms with Gasteiger partial charge in [-0.15, -0.1) is 3.89 Å². The molecule has 2 rings (SSSR count). The van der Waals surface area contributed by atoms with E-state index in [4.69, 9.17) is 0 Å².